The van der Waals surface area contributed by atoms with Gasteiger partial charge in [0, 0.05) is 18.4 Å². The largest absolute Gasteiger partial charge is 0.465 e. The summed E-state index contributed by atoms with van der Waals surface area (Å²) in [4.78, 5) is 11.5. The van der Waals surface area contributed by atoms with Crippen molar-refractivity contribution in [3.63, 3.8) is 0 Å². The number of rotatable bonds is 6. The maximum atomic E-state index is 11.5. The average Bonchev–Trinajstić information content (AvgIpc) is 3.25. The van der Waals surface area contributed by atoms with Gasteiger partial charge in [-0.1, -0.05) is 88.0 Å². The molecule has 0 aromatic rings. The molecule has 32 heavy (non-hydrogen) atoms. The van der Waals surface area contributed by atoms with Gasteiger partial charge in [-0.3, -0.25) is 4.79 Å². The fourth-order valence-electron chi connectivity index (χ4n) is 6.67. The first-order valence-corrected chi connectivity index (χ1v) is 13.2. The molecule has 0 spiro atoms. The third-order valence-corrected chi connectivity index (χ3v) is 7.71. The molecule has 5 atom stereocenters. The van der Waals surface area contributed by atoms with E-state index in [-0.39, 0.29) is 22.7 Å². The molecule has 5 unspecified atom stereocenters. The van der Waals surface area contributed by atoms with Crippen molar-refractivity contribution >= 4 is 5.97 Å². The lowest BCUT2D eigenvalue weighted by molar-refractivity contribution is -0.229. The SMILES string of the molecule is CCC1CC(CC)C2C(=O)OCC12.CCCC.COC(O)C1(CC(C)(C)C)CC(C)(C)C1. The van der Waals surface area contributed by atoms with Crippen molar-refractivity contribution in [2.24, 2.45) is 39.9 Å². The summed E-state index contributed by atoms with van der Waals surface area (Å²) in [5.74, 6) is 2.21. The Morgan fingerprint density at radius 3 is 1.97 bits per heavy atom. The lowest BCUT2D eigenvalue weighted by Gasteiger charge is -2.57. The second-order valence-electron chi connectivity index (χ2n) is 12.6. The summed E-state index contributed by atoms with van der Waals surface area (Å²) in [7, 11) is 1.60. The predicted octanol–water partition coefficient (Wildman–Crippen LogP) is 7.23. The molecular weight excluding hydrogens is 400 g/mol. The molecule has 1 heterocycles. The smallest absolute Gasteiger partial charge is 0.309 e. The van der Waals surface area contributed by atoms with E-state index < -0.39 is 6.29 Å². The fourth-order valence-corrected chi connectivity index (χ4v) is 6.67. The Balaban J connectivity index is 0.000000276. The third kappa shape index (κ3) is 7.72. The molecule has 3 fully saturated rings. The van der Waals surface area contributed by atoms with Crippen molar-refractivity contribution in [1.82, 2.24) is 0 Å². The lowest BCUT2D eigenvalue weighted by atomic mass is 9.50. The summed E-state index contributed by atoms with van der Waals surface area (Å²) in [6, 6.07) is 0. The van der Waals surface area contributed by atoms with Crippen LogP contribution >= 0.6 is 0 Å². The monoisotopic (exact) mass is 454 g/mol. The van der Waals surface area contributed by atoms with Crippen molar-refractivity contribution in [3.05, 3.63) is 0 Å². The van der Waals surface area contributed by atoms with E-state index >= 15 is 0 Å². The number of hydrogen-bond donors (Lipinski definition) is 1. The molecule has 1 N–H and O–H groups in total. The molecule has 3 rings (SSSR count). The highest BCUT2D eigenvalue weighted by Crippen LogP contribution is 2.60. The van der Waals surface area contributed by atoms with Gasteiger partial charge in [0.05, 0.1) is 12.5 Å². The minimum atomic E-state index is -0.607. The minimum absolute atomic E-state index is 0.0174. The molecular formula is C28H54O4. The second-order valence-corrected chi connectivity index (χ2v) is 12.6. The Hall–Kier alpha value is -0.610. The van der Waals surface area contributed by atoms with Gasteiger partial charge >= 0.3 is 5.97 Å². The lowest BCUT2D eigenvalue weighted by Crippen LogP contribution is -2.53. The van der Waals surface area contributed by atoms with Crippen LogP contribution in [0.25, 0.3) is 0 Å². The van der Waals surface area contributed by atoms with Crippen molar-refractivity contribution < 1.29 is 19.4 Å². The van der Waals surface area contributed by atoms with E-state index in [9.17, 15) is 9.90 Å². The molecule has 2 saturated carbocycles. The minimum Gasteiger partial charge on any atom is -0.465 e. The van der Waals surface area contributed by atoms with E-state index in [1.807, 2.05) is 0 Å². The number of hydrogen-bond acceptors (Lipinski definition) is 4. The van der Waals surface area contributed by atoms with E-state index in [1.54, 1.807) is 7.11 Å². The van der Waals surface area contributed by atoms with Gasteiger partial charge < -0.3 is 14.6 Å². The van der Waals surface area contributed by atoms with Crippen LogP contribution < -0.4 is 0 Å². The van der Waals surface area contributed by atoms with Gasteiger partial charge in [-0.05, 0) is 48.3 Å². The maximum Gasteiger partial charge on any atom is 0.309 e. The maximum absolute atomic E-state index is 11.5. The Kier molecular flexibility index (Phi) is 11.2. The number of ether oxygens (including phenoxy) is 2. The van der Waals surface area contributed by atoms with Gasteiger partial charge in [-0.2, -0.15) is 0 Å². The van der Waals surface area contributed by atoms with E-state index in [0.29, 0.717) is 23.9 Å². The molecule has 4 heteroatoms. The Morgan fingerprint density at radius 1 is 1.06 bits per heavy atom. The first-order chi connectivity index (χ1) is 14.8. The Morgan fingerprint density at radius 2 is 1.59 bits per heavy atom. The highest BCUT2D eigenvalue weighted by Gasteiger charge is 2.55. The van der Waals surface area contributed by atoms with E-state index in [1.165, 1.54) is 25.7 Å². The van der Waals surface area contributed by atoms with Crippen LogP contribution in [0.15, 0.2) is 0 Å². The fraction of sp³-hybridized carbons (Fsp3) is 0.964. The van der Waals surface area contributed by atoms with Crippen LogP contribution in [-0.2, 0) is 14.3 Å². The zero-order valence-corrected chi connectivity index (χ0v) is 22.9. The molecule has 0 radical (unpaired) electrons. The first kappa shape index (κ1) is 29.4. The van der Waals surface area contributed by atoms with E-state index in [2.05, 4.69) is 62.3 Å². The van der Waals surface area contributed by atoms with Crippen molar-refractivity contribution in [2.75, 3.05) is 13.7 Å². The number of aliphatic hydroxyl groups excluding tert-OH is 1. The van der Waals surface area contributed by atoms with Crippen LogP contribution in [0.4, 0.5) is 0 Å². The Labute approximate surface area is 199 Å². The van der Waals surface area contributed by atoms with Crippen LogP contribution in [0, 0.1) is 39.9 Å². The molecule has 3 aliphatic rings. The second kappa shape index (κ2) is 12.2. The Bertz CT molecular complexity index is 552. The van der Waals surface area contributed by atoms with Crippen molar-refractivity contribution in [2.45, 2.75) is 120 Å². The number of fused-ring (bicyclic) bond motifs is 1. The first-order valence-electron chi connectivity index (χ1n) is 13.2. The summed E-state index contributed by atoms with van der Waals surface area (Å²) in [6.45, 7) is 20.7. The average molecular weight is 455 g/mol. The van der Waals surface area contributed by atoms with Gasteiger partial charge in [-0.15, -0.1) is 0 Å². The normalized spacial score (nSPS) is 30.7. The zero-order valence-electron chi connectivity index (χ0n) is 22.9. The summed E-state index contributed by atoms with van der Waals surface area (Å²) in [5.41, 5.74) is 0.595. The molecule has 1 saturated heterocycles. The summed E-state index contributed by atoms with van der Waals surface area (Å²) >= 11 is 0. The number of aliphatic hydroxyl groups is 1. The standard InChI is InChI=1S/C13H26O2.C11H18O2.C4H10/c1-11(2,3)7-13(10(14)15-6)8-12(4,5)9-13;1-3-7-5-8(4-2)10-9(7)6-13-11(10)12;1-3-4-2/h10,14H,7-9H2,1-6H3;7-10H,3-6H2,1-2H3;3-4H2,1-2H3. The van der Waals surface area contributed by atoms with Crippen molar-refractivity contribution in [3.8, 4) is 0 Å². The van der Waals surface area contributed by atoms with Gasteiger partial charge in [0.15, 0.2) is 6.29 Å². The number of carbonyl (C=O) groups is 1. The molecule has 2 aliphatic carbocycles. The molecule has 0 aromatic heterocycles. The molecule has 0 amide bonds. The van der Waals surface area contributed by atoms with Crippen LogP contribution in [-0.4, -0.2) is 31.1 Å². The van der Waals surface area contributed by atoms with Gasteiger partial charge in [0.1, 0.15) is 0 Å². The highest BCUT2D eigenvalue weighted by molar-refractivity contribution is 5.75. The van der Waals surface area contributed by atoms with Crippen LogP contribution in [0.5, 0.6) is 0 Å². The van der Waals surface area contributed by atoms with Gasteiger partial charge in [0.2, 0.25) is 0 Å². The molecule has 190 valence electrons. The topological polar surface area (TPSA) is 55.8 Å². The highest BCUT2D eigenvalue weighted by atomic mass is 16.6. The van der Waals surface area contributed by atoms with Crippen LogP contribution in [0.3, 0.4) is 0 Å². The van der Waals surface area contributed by atoms with Gasteiger partial charge in [0.25, 0.3) is 0 Å². The predicted molar refractivity (Wildman–Crippen MR) is 133 cm³/mol. The molecule has 0 bridgehead atoms. The van der Waals surface area contributed by atoms with Crippen molar-refractivity contribution in [1.29, 1.82) is 0 Å². The van der Waals surface area contributed by atoms with E-state index in [4.69, 9.17) is 9.47 Å². The summed E-state index contributed by atoms with van der Waals surface area (Å²) in [6.07, 6.45) is 8.76. The van der Waals surface area contributed by atoms with Crippen LogP contribution in [0.1, 0.15) is 114 Å². The quantitative estimate of drug-likeness (QED) is 0.340. The number of esters is 1. The summed E-state index contributed by atoms with van der Waals surface area (Å²) < 4.78 is 10.3. The number of carbonyl (C=O) groups excluding carboxylic acids is 1. The molecule has 4 nitrogen and oxygen atoms in total. The van der Waals surface area contributed by atoms with Gasteiger partial charge in [-0.25, -0.2) is 0 Å². The molecule has 0 aromatic carbocycles. The van der Waals surface area contributed by atoms with Crippen LogP contribution in [0.2, 0.25) is 0 Å². The molecule has 1 aliphatic heterocycles. The zero-order chi connectivity index (χ0) is 24.7. The summed E-state index contributed by atoms with van der Waals surface area (Å²) in [5, 5.41) is 10.0. The number of methoxy groups -OCH3 is 1. The number of cyclic esters (lactones) is 1. The number of unbranched alkanes of at least 4 members (excludes halogenated alkanes) is 1. The third-order valence-electron chi connectivity index (χ3n) is 7.71. The van der Waals surface area contributed by atoms with E-state index in [0.717, 1.165) is 31.6 Å².